The van der Waals surface area contributed by atoms with Crippen molar-refractivity contribution in [2.45, 2.75) is 31.7 Å². The first-order valence-corrected chi connectivity index (χ1v) is 8.66. The Labute approximate surface area is 147 Å². The van der Waals surface area contributed by atoms with Crippen molar-refractivity contribution >= 4 is 5.91 Å². The van der Waals surface area contributed by atoms with Gasteiger partial charge in [0.05, 0.1) is 12.7 Å². The summed E-state index contributed by atoms with van der Waals surface area (Å²) in [5, 5.41) is 0. The highest BCUT2D eigenvalue weighted by molar-refractivity contribution is 5.78. The zero-order valence-electron chi connectivity index (χ0n) is 14.7. The fourth-order valence-corrected chi connectivity index (χ4v) is 3.21. The van der Waals surface area contributed by atoms with Crippen LogP contribution < -0.4 is 0 Å². The van der Waals surface area contributed by atoms with Crippen molar-refractivity contribution in [2.75, 3.05) is 27.2 Å². The molecular weight excluding hydrogens is 321 g/mol. The number of hydrogen-bond acceptors (Lipinski definition) is 4. The molecule has 5 nitrogen and oxygen atoms in total. The molecule has 1 aromatic heterocycles. The number of halogens is 1. The van der Waals surface area contributed by atoms with E-state index >= 15 is 0 Å². The van der Waals surface area contributed by atoms with Crippen LogP contribution in [-0.2, 0) is 11.2 Å². The van der Waals surface area contributed by atoms with Crippen LogP contribution in [0.3, 0.4) is 0 Å². The minimum absolute atomic E-state index is 0.0943. The van der Waals surface area contributed by atoms with Gasteiger partial charge in [0.15, 0.2) is 0 Å². The third-order valence-corrected chi connectivity index (χ3v) is 4.42. The van der Waals surface area contributed by atoms with Crippen LogP contribution >= 0.6 is 0 Å². The Kier molecular flexibility index (Phi) is 5.48. The molecule has 1 fully saturated rings. The normalized spacial score (nSPS) is 17.9. The second-order valence-corrected chi connectivity index (χ2v) is 6.80. The quantitative estimate of drug-likeness (QED) is 0.836. The van der Waals surface area contributed by atoms with E-state index in [-0.39, 0.29) is 17.8 Å². The molecule has 0 aliphatic carbocycles. The number of nitrogens with zero attached hydrogens (tertiary/aromatic N) is 3. The average Bonchev–Trinajstić information content (AvgIpc) is 3.05. The Bertz CT molecular complexity index is 712. The Hall–Kier alpha value is -2.21. The average molecular weight is 345 g/mol. The second-order valence-electron chi connectivity index (χ2n) is 6.80. The highest BCUT2D eigenvalue weighted by Crippen LogP contribution is 2.31. The van der Waals surface area contributed by atoms with Gasteiger partial charge in [0, 0.05) is 13.0 Å². The molecule has 0 N–H and O–H groups in total. The monoisotopic (exact) mass is 345 g/mol. The van der Waals surface area contributed by atoms with Crippen molar-refractivity contribution in [3.63, 3.8) is 0 Å². The van der Waals surface area contributed by atoms with E-state index in [4.69, 9.17) is 4.42 Å². The number of amides is 1. The molecule has 3 rings (SSSR count). The predicted molar refractivity (Wildman–Crippen MR) is 92.6 cm³/mol. The smallest absolute Gasteiger partial charge is 0.237 e. The number of aromatic nitrogens is 1. The molecule has 2 aromatic rings. The van der Waals surface area contributed by atoms with Gasteiger partial charge >= 0.3 is 0 Å². The molecule has 1 aliphatic rings. The zero-order valence-corrected chi connectivity index (χ0v) is 14.7. The third-order valence-electron chi connectivity index (χ3n) is 4.42. The van der Waals surface area contributed by atoms with Gasteiger partial charge < -0.3 is 14.2 Å². The molecule has 25 heavy (non-hydrogen) atoms. The van der Waals surface area contributed by atoms with Gasteiger partial charge in [-0.15, -0.1) is 0 Å². The number of benzene rings is 1. The molecule has 1 aliphatic heterocycles. The van der Waals surface area contributed by atoms with Gasteiger partial charge in [-0.25, -0.2) is 9.37 Å². The third kappa shape index (κ3) is 4.45. The Morgan fingerprint density at radius 3 is 2.80 bits per heavy atom. The summed E-state index contributed by atoms with van der Waals surface area (Å²) in [5.74, 6) is 1.18. The van der Waals surface area contributed by atoms with E-state index in [1.807, 2.05) is 23.9 Å². The predicted octanol–water partition coefficient (Wildman–Crippen LogP) is 3.02. The van der Waals surface area contributed by atoms with Gasteiger partial charge in [-0.05, 0) is 51.1 Å². The molecule has 134 valence electrons. The lowest BCUT2D eigenvalue weighted by atomic mass is 10.0. The first-order valence-electron chi connectivity index (χ1n) is 8.66. The fourth-order valence-electron chi connectivity index (χ4n) is 3.21. The molecule has 0 spiro atoms. The summed E-state index contributed by atoms with van der Waals surface area (Å²) in [5.41, 5.74) is 0.966. The van der Waals surface area contributed by atoms with E-state index in [2.05, 4.69) is 4.98 Å². The molecule has 1 amide bonds. The second kappa shape index (κ2) is 7.78. The summed E-state index contributed by atoms with van der Waals surface area (Å²) >= 11 is 0. The molecule has 1 aromatic carbocycles. The van der Waals surface area contributed by atoms with Crippen molar-refractivity contribution < 1.29 is 13.6 Å². The van der Waals surface area contributed by atoms with Crippen LogP contribution in [0.15, 0.2) is 34.9 Å². The summed E-state index contributed by atoms with van der Waals surface area (Å²) in [7, 11) is 3.78. The maximum Gasteiger partial charge on any atom is 0.237 e. The number of carbonyl (C=O) groups excluding carboxylic acids is 1. The summed E-state index contributed by atoms with van der Waals surface area (Å²) in [6.45, 7) is 1.13. The molecule has 0 radical (unpaired) electrons. The van der Waals surface area contributed by atoms with Crippen molar-refractivity contribution in [3.05, 3.63) is 53.5 Å². The molecular formula is C19H24FN3O2. The van der Waals surface area contributed by atoms with E-state index in [1.54, 1.807) is 18.3 Å². The number of hydrogen-bond donors (Lipinski definition) is 0. The number of carbonyl (C=O) groups is 1. The highest BCUT2D eigenvalue weighted by atomic mass is 19.1. The lowest BCUT2D eigenvalue weighted by Crippen LogP contribution is -2.42. The minimum atomic E-state index is -0.251. The van der Waals surface area contributed by atoms with E-state index in [0.29, 0.717) is 18.9 Å². The van der Waals surface area contributed by atoms with E-state index < -0.39 is 0 Å². The first kappa shape index (κ1) is 17.6. The Morgan fingerprint density at radius 1 is 1.32 bits per heavy atom. The summed E-state index contributed by atoms with van der Waals surface area (Å²) in [4.78, 5) is 20.7. The number of rotatable bonds is 5. The fraction of sp³-hybridized carbons (Fsp3) is 0.474. The maximum atomic E-state index is 13.0. The largest absolute Gasteiger partial charge is 0.443 e. The Balaban J connectivity index is 1.72. The first-order chi connectivity index (χ1) is 12.0. The Morgan fingerprint density at radius 2 is 2.08 bits per heavy atom. The number of oxazole rings is 1. The van der Waals surface area contributed by atoms with Crippen LogP contribution in [0, 0.1) is 5.82 Å². The van der Waals surface area contributed by atoms with Crippen molar-refractivity contribution in [1.82, 2.24) is 14.8 Å². The SMILES string of the molecule is CN(C)CC(=O)N1CCCCC1c1ncc(Cc2ccc(F)cc2)o1. The molecule has 2 heterocycles. The van der Waals surface area contributed by atoms with Crippen LogP contribution in [0.5, 0.6) is 0 Å². The molecule has 1 unspecified atom stereocenters. The van der Waals surface area contributed by atoms with Gasteiger partial charge in [-0.1, -0.05) is 12.1 Å². The summed E-state index contributed by atoms with van der Waals surface area (Å²) in [6, 6.07) is 6.27. The number of likely N-dealkylation sites (tertiary alicyclic amines) is 1. The van der Waals surface area contributed by atoms with Crippen molar-refractivity contribution in [2.24, 2.45) is 0 Å². The van der Waals surface area contributed by atoms with Crippen molar-refractivity contribution in [1.29, 1.82) is 0 Å². The lowest BCUT2D eigenvalue weighted by molar-refractivity contribution is -0.136. The summed E-state index contributed by atoms with van der Waals surface area (Å²) < 4.78 is 18.9. The molecule has 0 bridgehead atoms. The maximum absolute atomic E-state index is 13.0. The van der Waals surface area contributed by atoms with Crippen LogP contribution in [0.2, 0.25) is 0 Å². The standard InChI is InChI=1S/C19H24FN3O2/c1-22(2)13-18(24)23-10-4-3-5-17(23)19-21-12-16(25-19)11-14-6-8-15(20)9-7-14/h6-9,12,17H,3-5,10-11,13H2,1-2H3. The minimum Gasteiger partial charge on any atom is -0.443 e. The van der Waals surface area contributed by atoms with Gasteiger partial charge in [0.25, 0.3) is 0 Å². The number of likely N-dealkylation sites (N-methyl/N-ethyl adjacent to an activating group) is 1. The zero-order chi connectivity index (χ0) is 17.8. The van der Waals surface area contributed by atoms with Crippen LogP contribution in [0.4, 0.5) is 4.39 Å². The van der Waals surface area contributed by atoms with Gasteiger partial charge in [0.2, 0.25) is 11.8 Å². The summed E-state index contributed by atoms with van der Waals surface area (Å²) in [6.07, 6.45) is 5.22. The van der Waals surface area contributed by atoms with Gasteiger partial charge in [-0.3, -0.25) is 4.79 Å². The lowest BCUT2D eigenvalue weighted by Gasteiger charge is -2.34. The molecule has 0 saturated carbocycles. The topological polar surface area (TPSA) is 49.6 Å². The van der Waals surface area contributed by atoms with E-state index in [0.717, 1.165) is 37.1 Å². The van der Waals surface area contributed by atoms with E-state index in [1.165, 1.54) is 12.1 Å². The van der Waals surface area contributed by atoms with Gasteiger partial charge in [-0.2, -0.15) is 0 Å². The highest BCUT2D eigenvalue weighted by Gasteiger charge is 2.31. The molecule has 1 atom stereocenters. The molecule has 6 heteroatoms. The van der Waals surface area contributed by atoms with Crippen LogP contribution in [-0.4, -0.2) is 47.9 Å². The van der Waals surface area contributed by atoms with Gasteiger partial charge in [0.1, 0.15) is 17.6 Å². The number of piperidine rings is 1. The van der Waals surface area contributed by atoms with E-state index in [9.17, 15) is 9.18 Å². The van der Waals surface area contributed by atoms with Crippen molar-refractivity contribution in [3.8, 4) is 0 Å². The van der Waals surface area contributed by atoms with Crippen LogP contribution in [0.1, 0.15) is 42.5 Å². The van der Waals surface area contributed by atoms with Crippen LogP contribution in [0.25, 0.3) is 0 Å². The molecule has 1 saturated heterocycles.